The van der Waals surface area contributed by atoms with E-state index in [4.69, 9.17) is 5.11 Å². The lowest BCUT2D eigenvalue weighted by Gasteiger charge is -2.15. The molecular formula is C11H13BrO3. The van der Waals surface area contributed by atoms with Crippen LogP contribution in [-0.4, -0.2) is 16.2 Å². The molecule has 0 radical (unpaired) electrons. The van der Waals surface area contributed by atoms with Crippen LogP contribution >= 0.6 is 15.9 Å². The molecule has 0 saturated heterocycles. The summed E-state index contributed by atoms with van der Waals surface area (Å²) in [7, 11) is 0. The SMILES string of the molecule is CC(C)c1ccc(Br)cc1C(O)C(=O)O. The van der Waals surface area contributed by atoms with E-state index in [1.807, 2.05) is 26.0 Å². The molecule has 0 aliphatic rings. The maximum absolute atomic E-state index is 10.7. The third kappa shape index (κ3) is 2.79. The first kappa shape index (κ1) is 12.2. The Morgan fingerprint density at radius 3 is 2.40 bits per heavy atom. The summed E-state index contributed by atoms with van der Waals surface area (Å²) in [6.45, 7) is 3.92. The average molecular weight is 273 g/mol. The lowest BCUT2D eigenvalue weighted by atomic mass is 9.94. The zero-order chi connectivity index (χ0) is 11.6. The van der Waals surface area contributed by atoms with E-state index in [1.165, 1.54) is 0 Å². The van der Waals surface area contributed by atoms with Gasteiger partial charge in [0.2, 0.25) is 0 Å². The molecule has 0 fully saturated rings. The summed E-state index contributed by atoms with van der Waals surface area (Å²) in [5.41, 5.74) is 1.31. The van der Waals surface area contributed by atoms with E-state index in [0.717, 1.165) is 10.0 Å². The van der Waals surface area contributed by atoms with E-state index < -0.39 is 12.1 Å². The molecule has 0 bridgehead atoms. The van der Waals surface area contributed by atoms with Gasteiger partial charge < -0.3 is 10.2 Å². The number of benzene rings is 1. The van der Waals surface area contributed by atoms with Crippen molar-refractivity contribution in [3.05, 3.63) is 33.8 Å². The molecule has 4 heteroatoms. The Morgan fingerprint density at radius 1 is 1.33 bits per heavy atom. The fourth-order valence-corrected chi connectivity index (χ4v) is 1.82. The highest BCUT2D eigenvalue weighted by atomic mass is 79.9. The molecule has 2 N–H and O–H groups in total. The zero-order valence-electron chi connectivity index (χ0n) is 8.57. The molecule has 1 rings (SSSR count). The highest BCUT2D eigenvalue weighted by Gasteiger charge is 2.20. The molecule has 1 aromatic carbocycles. The summed E-state index contributed by atoms with van der Waals surface area (Å²) in [6, 6.07) is 5.32. The van der Waals surface area contributed by atoms with E-state index >= 15 is 0 Å². The largest absolute Gasteiger partial charge is 0.479 e. The Labute approximate surface area is 96.9 Å². The van der Waals surface area contributed by atoms with Crippen LogP contribution in [0.2, 0.25) is 0 Å². The standard InChI is InChI=1S/C11H13BrO3/c1-6(2)8-4-3-7(12)5-9(8)10(13)11(14)15/h3-6,10,13H,1-2H3,(H,14,15). The van der Waals surface area contributed by atoms with Crippen LogP contribution in [0.4, 0.5) is 0 Å². The van der Waals surface area contributed by atoms with Gasteiger partial charge >= 0.3 is 5.97 Å². The van der Waals surface area contributed by atoms with Crippen LogP contribution in [0.3, 0.4) is 0 Å². The molecule has 0 heterocycles. The van der Waals surface area contributed by atoms with E-state index in [9.17, 15) is 9.90 Å². The second-order valence-corrected chi connectivity index (χ2v) is 4.58. The molecular weight excluding hydrogens is 260 g/mol. The first-order chi connectivity index (χ1) is 6.93. The first-order valence-electron chi connectivity index (χ1n) is 4.63. The van der Waals surface area contributed by atoms with Crippen LogP contribution in [0.5, 0.6) is 0 Å². The van der Waals surface area contributed by atoms with Crippen LogP contribution in [0.15, 0.2) is 22.7 Å². The van der Waals surface area contributed by atoms with Crippen molar-refractivity contribution in [2.24, 2.45) is 0 Å². The number of aliphatic hydroxyl groups excluding tert-OH is 1. The van der Waals surface area contributed by atoms with Crippen molar-refractivity contribution in [2.45, 2.75) is 25.9 Å². The lowest BCUT2D eigenvalue weighted by Crippen LogP contribution is -2.13. The van der Waals surface area contributed by atoms with Crippen LogP contribution in [0, 0.1) is 0 Å². The van der Waals surface area contributed by atoms with Gasteiger partial charge in [0.05, 0.1) is 0 Å². The van der Waals surface area contributed by atoms with Gasteiger partial charge in [0.15, 0.2) is 6.10 Å². The average Bonchev–Trinajstić information content (AvgIpc) is 2.15. The summed E-state index contributed by atoms with van der Waals surface area (Å²) in [6.07, 6.45) is -1.46. The number of carboxylic acids is 1. The van der Waals surface area contributed by atoms with Gasteiger partial charge in [-0.3, -0.25) is 0 Å². The van der Waals surface area contributed by atoms with Gasteiger partial charge in [0.1, 0.15) is 0 Å². The summed E-state index contributed by atoms with van der Waals surface area (Å²) >= 11 is 3.26. The van der Waals surface area contributed by atoms with Gasteiger partial charge in [0, 0.05) is 4.47 Å². The van der Waals surface area contributed by atoms with Crippen LogP contribution in [0.1, 0.15) is 37.0 Å². The van der Waals surface area contributed by atoms with Gasteiger partial charge in [0.25, 0.3) is 0 Å². The van der Waals surface area contributed by atoms with Crippen LogP contribution in [0.25, 0.3) is 0 Å². The predicted molar refractivity (Wildman–Crippen MR) is 60.8 cm³/mol. The van der Waals surface area contributed by atoms with Crippen LogP contribution in [-0.2, 0) is 4.79 Å². The van der Waals surface area contributed by atoms with E-state index in [-0.39, 0.29) is 5.92 Å². The monoisotopic (exact) mass is 272 g/mol. The normalized spacial score (nSPS) is 12.9. The van der Waals surface area contributed by atoms with Crippen molar-refractivity contribution in [3.63, 3.8) is 0 Å². The molecule has 0 amide bonds. The van der Waals surface area contributed by atoms with Gasteiger partial charge in [-0.15, -0.1) is 0 Å². The number of hydrogen-bond acceptors (Lipinski definition) is 2. The number of hydrogen-bond donors (Lipinski definition) is 2. The first-order valence-corrected chi connectivity index (χ1v) is 5.43. The Bertz CT molecular complexity index is 374. The second kappa shape index (κ2) is 4.77. The smallest absolute Gasteiger partial charge is 0.337 e. The van der Waals surface area contributed by atoms with Gasteiger partial charge in [-0.1, -0.05) is 35.8 Å². The van der Waals surface area contributed by atoms with E-state index in [0.29, 0.717) is 5.56 Å². The quantitative estimate of drug-likeness (QED) is 0.890. The molecule has 1 aromatic rings. The minimum Gasteiger partial charge on any atom is -0.479 e. The molecule has 1 atom stereocenters. The van der Waals surface area contributed by atoms with Crippen molar-refractivity contribution in [3.8, 4) is 0 Å². The Kier molecular flexibility index (Phi) is 3.88. The van der Waals surface area contributed by atoms with Crippen molar-refractivity contribution in [1.82, 2.24) is 0 Å². The van der Waals surface area contributed by atoms with Crippen molar-refractivity contribution in [1.29, 1.82) is 0 Å². The number of aliphatic hydroxyl groups is 1. The molecule has 0 aliphatic carbocycles. The molecule has 0 saturated carbocycles. The summed E-state index contributed by atoms with van der Waals surface area (Å²) in [5, 5.41) is 18.3. The molecule has 82 valence electrons. The van der Waals surface area contributed by atoms with Crippen molar-refractivity contribution >= 4 is 21.9 Å². The molecule has 15 heavy (non-hydrogen) atoms. The van der Waals surface area contributed by atoms with Gasteiger partial charge in [-0.05, 0) is 29.2 Å². The predicted octanol–water partition coefficient (Wildman–Crippen LogP) is 2.69. The van der Waals surface area contributed by atoms with Crippen molar-refractivity contribution in [2.75, 3.05) is 0 Å². The van der Waals surface area contributed by atoms with Crippen molar-refractivity contribution < 1.29 is 15.0 Å². The van der Waals surface area contributed by atoms with E-state index in [2.05, 4.69) is 15.9 Å². The van der Waals surface area contributed by atoms with Gasteiger partial charge in [-0.2, -0.15) is 0 Å². The number of carboxylic acid groups (broad SMARTS) is 1. The molecule has 0 aliphatic heterocycles. The number of aliphatic carboxylic acids is 1. The number of carbonyl (C=O) groups is 1. The third-order valence-corrected chi connectivity index (χ3v) is 2.69. The summed E-state index contributed by atoms with van der Waals surface area (Å²) in [4.78, 5) is 10.7. The topological polar surface area (TPSA) is 57.5 Å². The minimum absolute atomic E-state index is 0.182. The second-order valence-electron chi connectivity index (χ2n) is 3.67. The van der Waals surface area contributed by atoms with Crippen LogP contribution < -0.4 is 0 Å². The number of rotatable bonds is 3. The lowest BCUT2D eigenvalue weighted by molar-refractivity contribution is -0.147. The summed E-state index contributed by atoms with van der Waals surface area (Å²) in [5.74, 6) is -1.04. The Morgan fingerprint density at radius 2 is 1.93 bits per heavy atom. The maximum Gasteiger partial charge on any atom is 0.337 e. The zero-order valence-corrected chi connectivity index (χ0v) is 10.2. The fourth-order valence-electron chi connectivity index (χ4n) is 1.44. The summed E-state index contributed by atoms with van der Waals surface area (Å²) < 4.78 is 0.766. The van der Waals surface area contributed by atoms with E-state index in [1.54, 1.807) is 6.07 Å². The highest BCUT2D eigenvalue weighted by molar-refractivity contribution is 9.10. The van der Waals surface area contributed by atoms with Gasteiger partial charge in [-0.25, -0.2) is 4.79 Å². The molecule has 0 spiro atoms. The molecule has 3 nitrogen and oxygen atoms in total. The molecule has 1 unspecified atom stereocenters. The maximum atomic E-state index is 10.7. The third-order valence-electron chi connectivity index (χ3n) is 2.20. The minimum atomic E-state index is -1.46. The Hall–Kier alpha value is -0.870. The molecule has 0 aromatic heterocycles. The number of halogens is 1. The fraction of sp³-hybridized carbons (Fsp3) is 0.364. The Balaban J connectivity index is 3.24. The highest BCUT2D eigenvalue weighted by Crippen LogP contribution is 2.28.